The van der Waals surface area contributed by atoms with Crippen molar-refractivity contribution in [3.05, 3.63) is 35.4 Å². The van der Waals surface area contributed by atoms with Gasteiger partial charge in [-0.05, 0) is 37.5 Å². The van der Waals surface area contributed by atoms with Crippen molar-refractivity contribution in [2.75, 3.05) is 0 Å². The number of alkyl halides is 3. The molecule has 0 spiro atoms. The van der Waals surface area contributed by atoms with Crippen molar-refractivity contribution in [1.29, 1.82) is 5.26 Å². The minimum atomic E-state index is -4.19. The van der Waals surface area contributed by atoms with Gasteiger partial charge in [0.15, 0.2) is 0 Å². The zero-order chi connectivity index (χ0) is 13.8. The molecule has 1 atom stereocenters. The second-order valence-corrected chi connectivity index (χ2v) is 4.43. The fourth-order valence-electron chi connectivity index (χ4n) is 1.68. The van der Waals surface area contributed by atoms with Gasteiger partial charge in [-0.15, -0.1) is 0 Å². The van der Waals surface area contributed by atoms with Crippen molar-refractivity contribution in [3.63, 3.8) is 0 Å². The van der Waals surface area contributed by atoms with Gasteiger partial charge in [0.05, 0.1) is 17.2 Å². The largest absolute Gasteiger partial charge is 0.389 e. The molecule has 0 saturated carbocycles. The van der Waals surface area contributed by atoms with Gasteiger partial charge in [0, 0.05) is 6.42 Å². The van der Waals surface area contributed by atoms with Crippen LogP contribution in [-0.2, 0) is 5.60 Å². The molecule has 0 saturated heterocycles. The van der Waals surface area contributed by atoms with Crippen LogP contribution in [0.15, 0.2) is 24.3 Å². The van der Waals surface area contributed by atoms with Crippen LogP contribution in [0.25, 0.3) is 0 Å². The summed E-state index contributed by atoms with van der Waals surface area (Å²) < 4.78 is 36.0. The third-order valence-corrected chi connectivity index (χ3v) is 2.76. The zero-order valence-corrected chi connectivity index (χ0v) is 9.96. The smallest absolute Gasteiger partial charge is 0.385 e. The molecular formula is C13H14F3NO. The van der Waals surface area contributed by atoms with Crippen LogP contribution in [0.1, 0.15) is 37.3 Å². The lowest BCUT2D eigenvalue weighted by Gasteiger charge is -2.24. The number of benzene rings is 1. The lowest BCUT2D eigenvalue weighted by molar-refractivity contribution is -0.137. The number of halogens is 3. The molecule has 1 N–H and O–H groups in total. The Labute approximate surface area is 104 Å². The monoisotopic (exact) mass is 257 g/mol. The third kappa shape index (κ3) is 4.38. The van der Waals surface area contributed by atoms with E-state index in [0.717, 1.165) is 0 Å². The van der Waals surface area contributed by atoms with E-state index in [-0.39, 0.29) is 12.8 Å². The van der Waals surface area contributed by atoms with Gasteiger partial charge in [-0.25, -0.2) is 0 Å². The molecule has 0 aromatic heterocycles. The minimum Gasteiger partial charge on any atom is -0.385 e. The van der Waals surface area contributed by atoms with Crippen LogP contribution < -0.4 is 0 Å². The molecule has 98 valence electrons. The van der Waals surface area contributed by atoms with Gasteiger partial charge >= 0.3 is 6.18 Å². The van der Waals surface area contributed by atoms with Crippen LogP contribution >= 0.6 is 0 Å². The molecule has 1 aromatic carbocycles. The van der Waals surface area contributed by atoms with E-state index in [1.54, 1.807) is 12.1 Å². The first-order valence-electron chi connectivity index (χ1n) is 5.54. The zero-order valence-electron chi connectivity index (χ0n) is 9.96. The van der Waals surface area contributed by atoms with Gasteiger partial charge in [-0.1, -0.05) is 12.1 Å². The molecule has 1 unspecified atom stereocenters. The van der Waals surface area contributed by atoms with Crippen molar-refractivity contribution < 1.29 is 18.3 Å². The Bertz CT molecular complexity index is 429. The number of nitrogens with zero attached hydrogens (tertiary/aromatic N) is 1. The van der Waals surface area contributed by atoms with Crippen molar-refractivity contribution in [3.8, 4) is 6.07 Å². The predicted molar refractivity (Wildman–Crippen MR) is 60.6 cm³/mol. The van der Waals surface area contributed by atoms with Crippen LogP contribution in [0.4, 0.5) is 13.2 Å². The van der Waals surface area contributed by atoms with Gasteiger partial charge in [0.1, 0.15) is 0 Å². The molecule has 0 fully saturated rings. The van der Waals surface area contributed by atoms with E-state index in [4.69, 9.17) is 5.26 Å². The summed E-state index contributed by atoms with van der Waals surface area (Å²) in [6, 6.07) is 8.13. The highest BCUT2D eigenvalue weighted by molar-refractivity contribution is 5.33. The lowest BCUT2D eigenvalue weighted by atomic mass is 9.90. The number of rotatable bonds is 4. The quantitative estimate of drug-likeness (QED) is 0.897. The fourth-order valence-corrected chi connectivity index (χ4v) is 1.68. The number of aliphatic hydroxyl groups is 1. The van der Waals surface area contributed by atoms with E-state index in [0.29, 0.717) is 11.1 Å². The average Bonchev–Trinajstić information content (AvgIpc) is 2.27. The Morgan fingerprint density at radius 1 is 1.17 bits per heavy atom. The molecule has 0 aliphatic rings. The molecule has 0 aliphatic carbocycles. The van der Waals surface area contributed by atoms with Crippen molar-refractivity contribution >= 4 is 0 Å². The van der Waals surface area contributed by atoms with Gasteiger partial charge in [0.2, 0.25) is 0 Å². The molecule has 18 heavy (non-hydrogen) atoms. The Morgan fingerprint density at radius 3 is 2.17 bits per heavy atom. The summed E-state index contributed by atoms with van der Waals surface area (Å²) in [4.78, 5) is 0. The summed E-state index contributed by atoms with van der Waals surface area (Å²) in [5.41, 5.74) is -0.340. The van der Waals surface area contributed by atoms with Gasteiger partial charge in [-0.3, -0.25) is 0 Å². The summed E-state index contributed by atoms with van der Waals surface area (Å²) >= 11 is 0. The highest BCUT2D eigenvalue weighted by Gasteiger charge is 2.29. The summed E-state index contributed by atoms with van der Waals surface area (Å²) in [6.45, 7) is 1.48. The Balaban J connectivity index is 2.65. The summed E-state index contributed by atoms with van der Waals surface area (Å²) in [5.74, 6) is 0. The van der Waals surface area contributed by atoms with E-state index in [1.807, 2.05) is 6.07 Å². The van der Waals surface area contributed by atoms with Crippen molar-refractivity contribution in [1.82, 2.24) is 0 Å². The number of nitriles is 1. The maximum absolute atomic E-state index is 12.0. The molecule has 5 heteroatoms. The second-order valence-electron chi connectivity index (χ2n) is 4.43. The van der Waals surface area contributed by atoms with E-state index >= 15 is 0 Å². The van der Waals surface area contributed by atoms with E-state index < -0.39 is 18.2 Å². The molecule has 0 aliphatic heterocycles. The van der Waals surface area contributed by atoms with E-state index in [9.17, 15) is 18.3 Å². The molecular weight excluding hydrogens is 243 g/mol. The second kappa shape index (κ2) is 5.40. The fraction of sp³-hybridized carbons (Fsp3) is 0.462. The third-order valence-electron chi connectivity index (χ3n) is 2.76. The molecule has 0 heterocycles. The van der Waals surface area contributed by atoms with Crippen LogP contribution in [0, 0.1) is 11.3 Å². The minimum absolute atomic E-state index is 0.0262. The first kappa shape index (κ1) is 14.5. The standard InChI is InChI=1S/C13H14F3NO/c1-12(18,7-2-8-13(14,15)16)11-5-3-10(9-17)4-6-11/h3-6,18H,2,7-8H2,1H3. The normalized spacial score (nSPS) is 14.9. The predicted octanol–water partition coefficient (Wildman–Crippen LogP) is 3.50. The van der Waals surface area contributed by atoms with E-state index in [1.165, 1.54) is 19.1 Å². The maximum Gasteiger partial charge on any atom is 0.389 e. The Kier molecular flexibility index (Phi) is 4.36. The Hall–Kier alpha value is -1.54. The molecule has 0 radical (unpaired) electrons. The van der Waals surface area contributed by atoms with Crippen molar-refractivity contribution in [2.45, 2.75) is 38.0 Å². The van der Waals surface area contributed by atoms with Gasteiger partial charge < -0.3 is 5.11 Å². The van der Waals surface area contributed by atoms with Crippen LogP contribution in [0.2, 0.25) is 0 Å². The first-order valence-corrected chi connectivity index (χ1v) is 5.54. The molecule has 2 nitrogen and oxygen atoms in total. The lowest BCUT2D eigenvalue weighted by Crippen LogP contribution is -2.22. The summed E-state index contributed by atoms with van der Waals surface area (Å²) in [5, 5.41) is 18.7. The summed E-state index contributed by atoms with van der Waals surface area (Å²) in [7, 11) is 0. The maximum atomic E-state index is 12.0. The molecule has 1 rings (SSSR count). The van der Waals surface area contributed by atoms with Crippen LogP contribution in [-0.4, -0.2) is 11.3 Å². The highest BCUT2D eigenvalue weighted by atomic mass is 19.4. The van der Waals surface area contributed by atoms with Crippen molar-refractivity contribution in [2.24, 2.45) is 0 Å². The van der Waals surface area contributed by atoms with Crippen LogP contribution in [0.5, 0.6) is 0 Å². The first-order chi connectivity index (χ1) is 8.24. The van der Waals surface area contributed by atoms with Gasteiger partial charge in [0.25, 0.3) is 0 Å². The number of hydrogen-bond acceptors (Lipinski definition) is 2. The highest BCUT2D eigenvalue weighted by Crippen LogP contribution is 2.30. The Morgan fingerprint density at radius 2 is 1.72 bits per heavy atom. The molecule has 0 bridgehead atoms. The molecule has 1 aromatic rings. The topological polar surface area (TPSA) is 44.0 Å². The SMILES string of the molecule is CC(O)(CCCC(F)(F)F)c1ccc(C#N)cc1. The van der Waals surface area contributed by atoms with E-state index in [2.05, 4.69) is 0 Å². The number of hydrogen-bond donors (Lipinski definition) is 1. The van der Waals surface area contributed by atoms with Crippen LogP contribution in [0.3, 0.4) is 0 Å². The summed E-state index contributed by atoms with van der Waals surface area (Å²) in [6.07, 6.45) is -5.20. The molecule has 0 amide bonds. The average molecular weight is 257 g/mol. The van der Waals surface area contributed by atoms with Gasteiger partial charge in [-0.2, -0.15) is 18.4 Å².